The van der Waals surface area contributed by atoms with Crippen LogP contribution in [0.2, 0.25) is 0 Å². The van der Waals surface area contributed by atoms with Gasteiger partial charge in [-0.2, -0.15) is 0 Å². The van der Waals surface area contributed by atoms with E-state index in [1.165, 1.54) is 51.4 Å². The fraction of sp³-hybridized carbons (Fsp3) is 1.00. The predicted molar refractivity (Wildman–Crippen MR) is 76.3 cm³/mol. The van der Waals surface area contributed by atoms with Crippen LogP contribution in [0.4, 0.5) is 0 Å². The summed E-state index contributed by atoms with van der Waals surface area (Å²) in [6, 6.07) is 0.520. The average Bonchev–Trinajstić information content (AvgIpc) is 3.01. The Labute approximate surface area is 117 Å². The largest absolute Gasteiger partial charge is 0.375 e. The lowest BCUT2D eigenvalue weighted by Crippen LogP contribution is -2.49. The Morgan fingerprint density at radius 2 is 1.95 bits per heavy atom. The van der Waals surface area contributed by atoms with Crippen molar-refractivity contribution in [3.8, 4) is 0 Å². The van der Waals surface area contributed by atoms with Crippen LogP contribution in [0, 0.1) is 5.92 Å². The first-order chi connectivity index (χ1) is 9.22. The van der Waals surface area contributed by atoms with E-state index >= 15 is 0 Å². The molecule has 2 heterocycles. The summed E-state index contributed by atoms with van der Waals surface area (Å²) in [5.74, 6) is 0.729. The minimum Gasteiger partial charge on any atom is -0.375 e. The van der Waals surface area contributed by atoms with Gasteiger partial charge in [-0.3, -0.25) is 0 Å². The third-order valence-electron chi connectivity index (χ3n) is 5.55. The first-order valence-corrected chi connectivity index (χ1v) is 8.19. The second-order valence-corrected chi connectivity index (χ2v) is 6.87. The first kappa shape index (κ1) is 13.8. The van der Waals surface area contributed by atoms with Gasteiger partial charge in [0.1, 0.15) is 0 Å². The molecule has 110 valence electrons. The average molecular weight is 267 g/mol. The SMILES string of the molecule is CNC(C1CCOC2(CCCC2)C1)C1CCC(C)O1. The van der Waals surface area contributed by atoms with Crippen LogP contribution in [0.5, 0.6) is 0 Å². The highest BCUT2D eigenvalue weighted by atomic mass is 16.5. The molecule has 4 unspecified atom stereocenters. The van der Waals surface area contributed by atoms with Crippen molar-refractivity contribution < 1.29 is 9.47 Å². The number of ether oxygens (including phenoxy) is 2. The molecule has 1 saturated carbocycles. The highest BCUT2D eigenvalue weighted by Gasteiger charge is 2.44. The molecule has 1 N–H and O–H groups in total. The third kappa shape index (κ3) is 2.84. The van der Waals surface area contributed by atoms with E-state index in [4.69, 9.17) is 9.47 Å². The smallest absolute Gasteiger partial charge is 0.0735 e. The summed E-state index contributed by atoms with van der Waals surface area (Å²) < 4.78 is 12.3. The van der Waals surface area contributed by atoms with E-state index in [0.717, 1.165) is 12.5 Å². The zero-order chi connectivity index (χ0) is 13.3. The van der Waals surface area contributed by atoms with Crippen molar-refractivity contribution in [1.82, 2.24) is 5.32 Å². The molecule has 3 heteroatoms. The van der Waals surface area contributed by atoms with Gasteiger partial charge in [-0.15, -0.1) is 0 Å². The van der Waals surface area contributed by atoms with E-state index in [2.05, 4.69) is 19.3 Å². The molecule has 3 nitrogen and oxygen atoms in total. The van der Waals surface area contributed by atoms with Crippen molar-refractivity contribution in [2.75, 3.05) is 13.7 Å². The molecule has 3 fully saturated rings. The predicted octanol–water partition coefficient (Wildman–Crippen LogP) is 2.88. The first-order valence-electron chi connectivity index (χ1n) is 8.19. The lowest BCUT2D eigenvalue weighted by molar-refractivity contribution is -0.107. The van der Waals surface area contributed by atoms with Crippen LogP contribution in [-0.4, -0.2) is 37.5 Å². The molecule has 3 rings (SSSR count). The van der Waals surface area contributed by atoms with E-state index in [0.29, 0.717) is 18.2 Å². The van der Waals surface area contributed by atoms with Crippen molar-refractivity contribution in [1.29, 1.82) is 0 Å². The van der Waals surface area contributed by atoms with Crippen LogP contribution in [0.15, 0.2) is 0 Å². The minimum absolute atomic E-state index is 0.224. The van der Waals surface area contributed by atoms with Crippen molar-refractivity contribution in [2.45, 2.75) is 82.1 Å². The van der Waals surface area contributed by atoms with Crippen molar-refractivity contribution in [2.24, 2.45) is 5.92 Å². The third-order valence-corrected chi connectivity index (χ3v) is 5.55. The van der Waals surface area contributed by atoms with Gasteiger partial charge in [0, 0.05) is 12.6 Å². The number of hydrogen-bond acceptors (Lipinski definition) is 3. The molecule has 1 aliphatic carbocycles. The van der Waals surface area contributed by atoms with Crippen LogP contribution in [0.1, 0.15) is 58.3 Å². The summed E-state index contributed by atoms with van der Waals surface area (Å²) in [5.41, 5.74) is 0.224. The van der Waals surface area contributed by atoms with E-state index in [9.17, 15) is 0 Å². The molecule has 19 heavy (non-hydrogen) atoms. The Morgan fingerprint density at radius 3 is 2.58 bits per heavy atom. The molecule has 1 spiro atoms. The van der Waals surface area contributed by atoms with Crippen LogP contribution in [-0.2, 0) is 9.47 Å². The molecule has 0 bridgehead atoms. The normalized spacial score (nSPS) is 39.8. The second kappa shape index (κ2) is 5.71. The topological polar surface area (TPSA) is 30.5 Å². The van der Waals surface area contributed by atoms with Crippen LogP contribution >= 0.6 is 0 Å². The molecule has 3 aliphatic rings. The number of likely N-dealkylation sites (N-methyl/N-ethyl adjacent to an activating group) is 1. The summed E-state index contributed by atoms with van der Waals surface area (Å²) in [6.45, 7) is 3.15. The zero-order valence-electron chi connectivity index (χ0n) is 12.5. The van der Waals surface area contributed by atoms with Crippen molar-refractivity contribution in [3.63, 3.8) is 0 Å². The molecule has 0 amide bonds. The molecular weight excluding hydrogens is 238 g/mol. The van der Waals surface area contributed by atoms with Crippen LogP contribution < -0.4 is 5.32 Å². The molecule has 2 aliphatic heterocycles. The molecule has 2 saturated heterocycles. The second-order valence-electron chi connectivity index (χ2n) is 6.87. The van der Waals surface area contributed by atoms with E-state index in [-0.39, 0.29) is 5.60 Å². The van der Waals surface area contributed by atoms with Gasteiger partial charge in [0.05, 0.1) is 17.8 Å². The summed E-state index contributed by atoms with van der Waals surface area (Å²) in [4.78, 5) is 0. The van der Waals surface area contributed by atoms with Gasteiger partial charge in [0.2, 0.25) is 0 Å². The summed E-state index contributed by atoms with van der Waals surface area (Å²) in [5, 5.41) is 3.56. The molecule has 0 aromatic rings. The molecular formula is C16H29NO2. The maximum atomic E-state index is 6.17. The molecule has 4 atom stereocenters. The highest BCUT2D eigenvalue weighted by molar-refractivity contribution is 4.97. The maximum absolute atomic E-state index is 6.17. The standard InChI is InChI=1S/C16H29NO2/c1-12-5-6-14(19-12)15(17-2)13-7-10-18-16(11-13)8-3-4-9-16/h12-15,17H,3-11H2,1-2H3. The lowest BCUT2D eigenvalue weighted by Gasteiger charge is -2.42. The Morgan fingerprint density at radius 1 is 1.16 bits per heavy atom. The van der Waals surface area contributed by atoms with Gasteiger partial charge in [-0.05, 0) is 58.4 Å². The van der Waals surface area contributed by atoms with Crippen LogP contribution in [0.3, 0.4) is 0 Å². The Kier molecular flexibility index (Phi) is 4.16. The number of nitrogens with one attached hydrogen (secondary N) is 1. The Hall–Kier alpha value is -0.120. The molecule has 0 aromatic carbocycles. The molecule has 0 aromatic heterocycles. The fourth-order valence-electron chi connectivity index (χ4n) is 4.56. The van der Waals surface area contributed by atoms with Gasteiger partial charge in [0.15, 0.2) is 0 Å². The van der Waals surface area contributed by atoms with Crippen LogP contribution in [0.25, 0.3) is 0 Å². The lowest BCUT2D eigenvalue weighted by atomic mass is 9.78. The fourth-order valence-corrected chi connectivity index (χ4v) is 4.56. The van der Waals surface area contributed by atoms with E-state index in [1.54, 1.807) is 0 Å². The quantitative estimate of drug-likeness (QED) is 0.853. The van der Waals surface area contributed by atoms with Crippen molar-refractivity contribution >= 4 is 0 Å². The molecule has 0 radical (unpaired) electrons. The Bertz CT molecular complexity index is 301. The summed E-state index contributed by atoms with van der Waals surface area (Å²) in [6.07, 6.45) is 11.0. The number of hydrogen-bond donors (Lipinski definition) is 1. The van der Waals surface area contributed by atoms with Gasteiger partial charge in [-0.1, -0.05) is 12.8 Å². The summed E-state index contributed by atoms with van der Waals surface area (Å²) in [7, 11) is 2.10. The highest BCUT2D eigenvalue weighted by Crippen LogP contribution is 2.44. The van der Waals surface area contributed by atoms with Gasteiger partial charge < -0.3 is 14.8 Å². The Balaban J connectivity index is 1.65. The zero-order valence-corrected chi connectivity index (χ0v) is 12.5. The monoisotopic (exact) mass is 267 g/mol. The minimum atomic E-state index is 0.224. The van der Waals surface area contributed by atoms with E-state index in [1.807, 2.05) is 0 Å². The van der Waals surface area contributed by atoms with Gasteiger partial charge in [0.25, 0.3) is 0 Å². The summed E-state index contributed by atoms with van der Waals surface area (Å²) >= 11 is 0. The maximum Gasteiger partial charge on any atom is 0.0735 e. The number of rotatable bonds is 3. The van der Waals surface area contributed by atoms with Gasteiger partial charge in [-0.25, -0.2) is 0 Å². The van der Waals surface area contributed by atoms with Gasteiger partial charge >= 0.3 is 0 Å². The van der Waals surface area contributed by atoms with E-state index < -0.39 is 0 Å². The van der Waals surface area contributed by atoms with Crippen molar-refractivity contribution in [3.05, 3.63) is 0 Å².